The SMILES string of the molecule is [B]c1c(O)c([B])c(-c2c([B])c(-c3nc4c(O)c([B])c(O)c(O)c4nc3-n3c4c(O)c(O)c(O)c5c4c4c6c(c(O)c(O)c([B])c6c(O)c(O)c43)-c3c(O)c([B])c(O)c(O)c3-5)c(O)c(O)c2O)c(O)c1O. The van der Waals surface area contributed by atoms with Crippen LogP contribution in [-0.2, 0) is 0 Å². The fourth-order valence-electron chi connectivity index (χ4n) is 9.14. The Bertz CT molecular complexity index is 4060. The van der Waals surface area contributed by atoms with E-state index in [9.17, 15) is 97.0 Å². The standard InChI is InChI=1S/C42H19B6N3O19/c43-12-9(10-13(44)31(60)16(47)35(64)27(10)56)29(58)40(69)30(59)11(12)18-42(50-20-19(49-18)32(61)17(48)36(65)37(20)66)51-21-2-1-4(24(53)33(62)14(45)8(1)28(57)38(21)67)6-7(25(54)34(63)15(46)23(6)52)5-3(2)22(51)39(68)41(70)26(5)55/h52-70H. The number of rotatable bonds is 3. The van der Waals surface area contributed by atoms with Crippen LogP contribution in [0.1, 0.15) is 0 Å². The minimum absolute atomic E-state index is 0.501. The second-order valence-corrected chi connectivity index (χ2v) is 15.9. The largest absolute Gasteiger partial charge is 0.509 e. The van der Waals surface area contributed by atoms with Crippen molar-refractivity contribution in [3.05, 3.63) is 0 Å². The maximum absolute atomic E-state index is 12.2. The van der Waals surface area contributed by atoms with Crippen LogP contribution in [0.3, 0.4) is 0 Å². The smallest absolute Gasteiger partial charge is 0.203 e. The quantitative estimate of drug-likeness (QED) is 0.0519. The van der Waals surface area contributed by atoms with Gasteiger partial charge in [-0.3, -0.25) is 4.57 Å². The molecule has 0 fully saturated rings. The molecule has 12 radical (unpaired) electrons. The molecule has 2 aromatic heterocycles. The first-order chi connectivity index (χ1) is 32.7. The Labute approximate surface area is 393 Å². The van der Waals surface area contributed by atoms with E-state index >= 15 is 0 Å². The van der Waals surface area contributed by atoms with Crippen molar-refractivity contribution in [2.75, 3.05) is 0 Å². The van der Waals surface area contributed by atoms with Crippen molar-refractivity contribution in [1.29, 1.82) is 0 Å². The van der Waals surface area contributed by atoms with Gasteiger partial charge in [0, 0.05) is 60.5 Å². The highest BCUT2D eigenvalue weighted by Crippen LogP contribution is 2.65. The average Bonchev–Trinajstić information content (AvgIpc) is 3.61. The van der Waals surface area contributed by atoms with Crippen LogP contribution in [0.2, 0.25) is 0 Å². The Hall–Kier alpha value is -9.47. The zero-order valence-electron chi connectivity index (χ0n) is 34.3. The van der Waals surface area contributed by atoms with Crippen LogP contribution in [-0.4, -0.2) is 159 Å². The summed E-state index contributed by atoms with van der Waals surface area (Å²) in [5, 5.41) is 214. The number of phenolic OH excluding ortho intramolecular Hbond substituents is 19. The Morgan fingerprint density at radius 1 is 0.243 bits per heavy atom. The number of nitrogens with zero attached hydrogens (tertiary/aromatic N) is 3. The fourth-order valence-corrected chi connectivity index (χ4v) is 9.14. The number of aromatic nitrogens is 3. The van der Waals surface area contributed by atoms with E-state index < -0.39 is 236 Å². The van der Waals surface area contributed by atoms with Crippen LogP contribution in [0.5, 0.6) is 109 Å². The second kappa shape index (κ2) is 13.8. The van der Waals surface area contributed by atoms with Gasteiger partial charge < -0.3 is 97.0 Å². The number of hydrogen-bond donors (Lipinski definition) is 19. The normalized spacial score (nSPS) is 12.0. The van der Waals surface area contributed by atoms with Gasteiger partial charge in [0.2, 0.25) is 11.5 Å². The predicted molar refractivity (Wildman–Crippen MR) is 251 cm³/mol. The van der Waals surface area contributed by atoms with Crippen LogP contribution in [0.4, 0.5) is 0 Å². The highest BCUT2D eigenvalue weighted by Gasteiger charge is 2.41. The third kappa shape index (κ3) is 4.91. The summed E-state index contributed by atoms with van der Waals surface area (Å²) in [4.78, 5) is 8.60. The maximum atomic E-state index is 12.2. The molecular formula is C42H19B6N3O19. The fraction of sp³-hybridized carbons (Fsp3) is 0. The van der Waals surface area contributed by atoms with Gasteiger partial charge in [-0.1, -0.05) is 5.46 Å². The van der Waals surface area contributed by atoms with Gasteiger partial charge >= 0.3 is 0 Å². The molecule has 0 spiro atoms. The van der Waals surface area contributed by atoms with Crippen LogP contribution < -0.4 is 32.8 Å². The molecule has 2 heterocycles. The first-order valence-electron chi connectivity index (χ1n) is 19.3. The third-order valence-electron chi connectivity index (χ3n) is 12.4. The summed E-state index contributed by atoms with van der Waals surface area (Å²) in [5.41, 5.74) is -17.3. The van der Waals surface area contributed by atoms with Crippen molar-refractivity contribution in [1.82, 2.24) is 14.5 Å². The molecule has 0 saturated carbocycles. The summed E-state index contributed by atoms with van der Waals surface area (Å²) in [6.45, 7) is 0. The topological polar surface area (TPSA) is 415 Å². The lowest BCUT2D eigenvalue weighted by Crippen LogP contribution is -2.22. The summed E-state index contributed by atoms with van der Waals surface area (Å²) in [6.07, 6.45) is 0. The molecular weight excluding hydrogens is 915 g/mol. The van der Waals surface area contributed by atoms with E-state index in [2.05, 4.69) is 9.97 Å². The number of benzene rings is 7. The lowest BCUT2D eigenvalue weighted by atomic mass is 9.74. The van der Waals surface area contributed by atoms with Crippen molar-refractivity contribution >= 4 is 123 Å². The molecule has 9 aromatic rings. The molecule has 0 atom stereocenters. The molecule has 70 heavy (non-hydrogen) atoms. The number of hydrogen-bond acceptors (Lipinski definition) is 21. The van der Waals surface area contributed by atoms with Crippen molar-refractivity contribution in [2.45, 2.75) is 0 Å². The van der Waals surface area contributed by atoms with E-state index in [1.54, 1.807) is 0 Å². The van der Waals surface area contributed by atoms with Gasteiger partial charge in [-0.05, 0) is 27.3 Å². The van der Waals surface area contributed by atoms with E-state index in [1.807, 2.05) is 0 Å². The minimum Gasteiger partial charge on any atom is -0.509 e. The van der Waals surface area contributed by atoms with Crippen LogP contribution in [0.15, 0.2) is 0 Å². The van der Waals surface area contributed by atoms with Crippen molar-refractivity contribution < 1.29 is 97.0 Å². The molecule has 28 heteroatoms. The van der Waals surface area contributed by atoms with Crippen molar-refractivity contribution in [3.8, 4) is 160 Å². The molecule has 1 aliphatic rings. The van der Waals surface area contributed by atoms with E-state index in [1.165, 1.54) is 0 Å². The highest BCUT2D eigenvalue weighted by atomic mass is 16.3. The number of fused-ring (bicyclic) bond motifs is 4. The first-order valence-corrected chi connectivity index (χ1v) is 19.3. The lowest BCUT2D eigenvalue weighted by molar-refractivity contribution is 0.370. The molecule has 19 N–H and O–H groups in total. The molecule has 0 saturated heterocycles. The average molecular weight is 934 g/mol. The Morgan fingerprint density at radius 3 is 1.27 bits per heavy atom. The van der Waals surface area contributed by atoms with Gasteiger partial charge in [0.15, 0.2) is 86.3 Å². The second-order valence-electron chi connectivity index (χ2n) is 15.9. The first kappa shape index (κ1) is 44.4. The minimum atomic E-state index is -1.56. The molecule has 0 aliphatic heterocycles. The van der Waals surface area contributed by atoms with Crippen molar-refractivity contribution in [2.24, 2.45) is 0 Å². The maximum Gasteiger partial charge on any atom is 0.203 e. The molecule has 22 nitrogen and oxygen atoms in total. The summed E-state index contributed by atoms with van der Waals surface area (Å²) >= 11 is 0. The Morgan fingerprint density at radius 2 is 0.643 bits per heavy atom. The molecule has 7 aromatic carbocycles. The Kier molecular flexibility index (Phi) is 8.75. The summed E-state index contributed by atoms with van der Waals surface area (Å²) < 4.78 is 0.501. The van der Waals surface area contributed by atoms with Gasteiger partial charge in [-0.15, -0.1) is 0 Å². The summed E-state index contributed by atoms with van der Waals surface area (Å²) in [7, 11) is 36.4. The van der Waals surface area contributed by atoms with Crippen LogP contribution >= 0.6 is 0 Å². The molecule has 0 bridgehead atoms. The molecule has 334 valence electrons. The zero-order valence-corrected chi connectivity index (χ0v) is 34.3. The predicted octanol–water partition coefficient (Wildman–Crippen LogP) is -1.97. The Balaban J connectivity index is 1.55. The van der Waals surface area contributed by atoms with Crippen LogP contribution in [0, 0.1) is 0 Å². The molecule has 0 amide bonds. The van der Waals surface area contributed by atoms with Crippen molar-refractivity contribution in [3.63, 3.8) is 0 Å². The van der Waals surface area contributed by atoms with Gasteiger partial charge in [-0.25, -0.2) is 9.97 Å². The lowest BCUT2D eigenvalue weighted by Gasteiger charge is -2.24. The van der Waals surface area contributed by atoms with Gasteiger partial charge in [0.25, 0.3) is 0 Å². The molecule has 1 aliphatic carbocycles. The van der Waals surface area contributed by atoms with Gasteiger partial charge in [-0.2, -0.15) is 0 Å². The number of phenols is 19. The van der Waals surface area contributed by atoms with Gasteiger partial charge in [0.1, 0.15) is 92.1 Å². The van der Waals surface area contributed by atoms with E-state index in [0.29, 0.717) is 4.57 Å². The van der Waals surface area contributed by atoms with Crippen LogP contribution in [0.25, 0.3) is 94.1 Å². The summed E-state index contributed by atoms with van der Waals surface area (Å²) in [5.74, 6) is -26.3. The third-order valence-corrected chi connectivity index (χ3v) is 12.4. The summed E-state index contributed by atoms with van der Waals surface area (Å²) in [6, 6.07) is 0. The van der Waals surface area contributed by atoms with Gasteiger partial charge in [0.05, 0.1) is 0 Å². The van der Waals surface area contributed by atoms with E-state index in [-0.39, 0.29) is 0 Å². The molecule has 10 rings (SSSR count). The molecule has 0 unspecified atom stereocenters. The highest BCUT2D eigenvalue weighted by molar-refractivity contribution is 6.49. The van der Waals surface area contributed by atoms with E-state index in [4.69, 9.17) is 47.1 Å². The monoisotopic (exact) mass is 935 g/mol. The number of aromatic hydroxyl groups is 19. The van der Waals surface area contributed by atoms with E-state index in [0.717, 1.165) is 0 Å². The zero-order chi connectivity index (χ0) is 51.2.